The van der Waals surface area contributed by atoms with Gasteiger partial charge in [0.05, 0.1) is 35.8 Å². The van der Waals surface area contributed by atoms with Gasteiger partial charge in [0.25, 0.3) is 0 Å². The van der Waals surface area contributed by atoms with Crippen molar-refractivity contribution >= 4 is 17.3 Å². The second-order valence-electron chi connectivity index (χ2n) is 4.38. The number of nitrogens with one attached hydrogen (secondary N) is 1. The van der Waals surface area contributed by atoms with Crippen molar-refractivity contribution in [2.75, 3.05) is 18.2 Å². The number of pyridine rings is 1. The summed E-state index contributed by atoms with van der Waals surface area (Å²) in [6.07, 6.45) is 1.73. The lowest BCUT2D eigenvalue weighted by Gasteiger charge is -2.18. The Balaban J connectivity index is 2.31. The number of esters is 1. The van der Waals surface area contributed by atoms with Crippen LogP contribution in [0.25, 0.3) is 0 Å². The lowest BCUT2D eigenvalue weighted by Crippen LogP contribution is -2.14. The summed E-state index contributed by atoms with van der Waals surface area (Å²) in [5.74, 6) is -0.423. The zero-order valence-electron chi connectivity index (χ0n) is 11.5. The molecule has 5 nitrogen and oxygen atoms in total. The Hall–Kier alpha value is -2.56. The van der Waals surface area contributed by atoms with E-state index in [1.54, 1.807) is 24.4 Å². The van der Waals surface area contributed by atoms with E-state index in [9.17, 15) is 4.79 Å². The first kappa shape index (κ1) is 13.9. The van der Waals surface area contributed by atoms with Gasteiger partial charge in [0.2, 0.25) is 0 Å². The molecule has 1 heterocycles. The van der Waals surface area contributed by atoms with Gasteiger partial charge >= 0.3 is 5.97 Å². The average Bonchev–Trinajstić information content (AvgIpc) is 2.49. The molecule has 0 amide bonds. The molecule has 0 fully saturated rings. The number of para-hydroxylation sites is 1. The van der Waals surface area contributed by atoms with E-state index in [1.807, 2.05) is 25.1 Å². The molecule has 1 unspecified atom stereocenters. The van der Waals surface area contributed by atoms with E-state index in [0.717, 1.165) is 5.69 Å². The highest BCUT2D eigenvalue weighted by molar-refractivity contribution is 5.98. The van der Waals surface area contributed by atoms with Gasteiger partial charge in [-0.15, -0.1) is 0 Å². The fourth-order valence-corrected chi connectivity index (χ4v) is 1.93. The molecular weight excluding hydrogens is 254 g/mol. The van der Waals surface area contributed by atoms with E-state index in [4.69, 9.17) is 10.5 Å². The number of nitrogens with two attached hydrogens (primary N) is 1. The van der Waals surface area contributed by atoms with Crippen LogP contribution in [0.2, 0.25) is 0 Å². The molecule has 2 aromatic rings. The summed E-state index contributed by atoms with van der Waals surface area (Å²) in [4.78, 5) is 16.1. The third-order valence-corrected chi connectivity index (χ3v) is 2.99. The maximum Gasteiger partial charge on any atom is 0.340 e. The zero-order valence-corrected chi connectivity index (χ0v) is 11.5. The minimum absolute atomic E-state index is 0.0793. The van der Waals surface area contributed by atoms with Crippen LogP contribution in [0.15, 0.2) is 42.6 Å². The highest BCUT2D eigenvalue weighted by atomic mass is 16.5. The minimum Gasteiger partial charge on any atom is -0.465 e. The maximum absolute atomic E-state index is 11.8. The predicted molar refractivity (Wildman–Crippen MR) is 78.5 cm³/mol. The molecule has 0 radical (unpaired) electrons. The van der Waals surface area contributed by atoms with Gasteiger partial charge in [-0.1, -0.05) is 12.1 Å². The number of methoxy groups -OCH3 is 1. The number of aromatic nitrogens is 1. The first-order valence-electron chi connectivity index (χ1n) is 6.27. The number of carbonyl (C=O) groups excluding carboxylic acids is 1. The van der Waals surface area contributed by atoms with Gasteiger partial charge in [-0.2, -0.15) is 0 Å². The van der Waals surface area contributed by atoms with Crippen molar-refractivity contribution in [3.05, 3.63) is 53.9 Å². The minimum atomic E-state index is -0.423. The van der Waals surface area contributed by atoms with E-state index >= 15 is 0 Å². The normalized spacial score (nSPS) is 11.7. The number of nitrogens with zero attached hydrogens (tertiary/aromatic N) is 1. The van der Waals surface area contributed by atoms with Crippen molar-refractivity contribution in [1.82, 2.24) is 4.98 Å². The molecule has 0 saturated heterocycles. The largest absolute Gasteiger partial charge is 0.465 e. The van der Waals surface area contributed by atoms with Crippen LogP contribution >= 0.6 is 0 Å². The summed E-state index contributed by atoms with van der Waals surface area (Å²) in [5, 5.41) is 3.22. The zero-order chi connectivity index (χ0) is 14.5. The highest BCUT2D eigenvalue weighted by Gasteiger charge is 2.16. The Labute approximate surface area is 117 Å². The van der Waals surface area contributed by atoms with Gasteiger partial charge in [0.1, 0.15) is 0 Å². The average molecular weight is 271 g/mol. The van der Waals surface area contributed by atoms with E-state index < -0.39 is 5.97 Å². The van der Waals surface area contributed by atoms with Crippen LogP contribution in [0, 0.1) is 0 Å². The molecule has 1 aromatic carbocycles. The summed E-state index contributed by atoms with van der Waals surface area (Å²) in [6.45, 7) is 1.95. The summed E-state index contributed by atoms with van der Waals surface area (Å²) >= 11 is 0. The van der Waals surface area contributed by atoms with E-state index in [1.165, 1.54) is 7.11 Å². The SMILES string of the molecule is COC(=O)c1cccc(N)c1NC(C)c1ccccn1. The van der Waals surface area contributed by atoms with E-state index in [2.05, 4.69) is 10.3 Å². The van der Waals surface area contributed by atoms with Crippen LogP contribution in [0.5, 0.6) is 0 Å². The third-order valence-electron chi connectivity index (χ3n) is 2.99. The molecule has 5 heteroatoms. The van der Waals surface area contributed by atoms with Crippen molar-refractivity contribution < 1.29 is 9.53 Å². The number of ether oxygens (including phenoxy) is 1. The molecule has 1 atom stereocenters. The quantitative estimate of drug-likeness (QED) is 0.660. The Morgan fingerprint density at radius 2 is 2.10 bits per heavy atom. The van der Waals surface area contributed by atoms with Gasteiger partial charge in [0.15, 0.2) is 0 Å². The van der Waals surface area contributed by atoms with Crippen molar-refractivity contribution in [3.63, 3.8) is 0 Å². The summed E-state index contributed by atoms with van der Waals surface area (Å²) in [6, 6.07) is 10.7. The van der Waals surface area contributed by atoms with Crippen molar-refractivity contribution in [2.45, 2.75) is 13.0 Å². The molecule has 0 spiro atoms. The number of benzene rings is 1. The van der Waals surface area contributed by atoms with Crippen LogP contribution < -0.4 is 11.1 Å². The Morgan fingerprint density at radius 1 is 1.30 bits per heavy atom. The lowest BCUT2D eigenvalue weighted by atomic mass is 10.1. The Morgan fingerprint density at radius 3 is 2.75 bits per heavy atom. The number of anilines is 2. The molecule has 0 aliphatic carbocycles. The van der Waals surface area contributed by atoms with Crippen molar-refractivity contribution in [3.8, 4) is 0 Å². The molecule has 0 bridgehead atoms. The second-order valence-corrected chi connectivity index (χ2v) is 4.38. The van der Waals surface area contributed by atoms with Crippen LogP contribution in [-0.2, 0) is 4.74 Å². The van der Waals surface area contributed by atoms with Crippen LogP contribution in [-0.4, -0.2) is 18.1 Å². The van der Waals surface area contributed by atoms with Gasteiger partial charge in [-0.05, 0) is 31.2 Å². The van der Waals surface area contributed by atoms with E-state index in [0.29, 0.717) is 16.9 Å². The maximum atomic E-state index is 11.8. The topological polar surface area (TPSA) is 77.2 Å². The third kappa shape index (κ3) is 2.88. The van der Waals surface area contributed by atoms with E-state index in [-0.39, 0.29) is 6.04 Å². The molecule has 3 N–H and O–H groups in total. The Bertz CT molecular complexity index is 599. The van der Waals surface area contributed by atoms with Crippen LogP contribution in [0.4, 0.5) is 11.4 Å². The van der Waals surface area contributed by atoms with Gasteiger partial charge in [0, 0.05) is 6.20 Å². The first-order valence-corrected chi connectivity index (χ1v) is 6.27. The number of nitrogen functional groups attached to an aromatic ring is 1. The summed E-state index contributed by atoms with van der Waals surface area (Å²) < 4.78 is 4.77. The number of carbonyl (C=O) groups is 1. The summed E-state index contributed by atoms with van der Waals surface area (Å²) in [5.41, 5.74) is 8.29. The number of rotatable bonds is 4. The van der Waals surface area contributed by atoms with Gasteiger partial charge < -0.3 is 15.8 Å². The standard InChI is InChI=1S/C15H17N3O2/c1-10(13-8-3-4-9-17-13)18-14-11(15(19)20-2)6-5-7-12(14)16/h3-10,18H,16H2,1-2H3. The van der Waals surface area contributed by atoms with Gasteiger partial charge in [-0.3, -0.25) is 4.98 Å². The van der Waals surface area contributed by atoms with Gasteiger partial charge in [-0.25, -0.2) is 4.79 Å². The monoisotopic (exact) mass is 271 g/mol. The van der Waals surface area contributed by atoms with Crippen molar-refractivity contribution in [1.29, 1.82) is 0 Å². The smallest absolute Gasteiger partial charge is 0.340 e. The molecule has 0 aliphatic heterocycles. The Kier molecular flexibility index (Phi) is 4.20. The number of hydrogen-bond acceptors (Lipinski definition) is 5. The highest BCUT2D eigenvalue weighted by Crippen LogP contribution is 2.28. The molecule has 0 aliphatic rings. The van der Waals surface area contributed by atoms with Crippen molar-refractivity contribution in [2.24, 2.45) is 0 Å². The number of hydrogen-bond donors (Lipinski definition) is 2. The van der Waals surface area contributed by atoms with Crippen LogP contribution in [0.1, 0.15) is 29.0 Å². The predicted octanol–water partition coefficient (Wildman–Crippen LogP) is 2.62. The fraction of sp³-hybridized carbons (Fsp3) is 0.200. The lowest BCUT2D eigenvalue weighted by molar-refractivity contribution is 0.0602. The second kappa shape index (κ2) is 6.06. The fourth-order valence-electron chi connectivity index (χ4n) is 1.93. The first-order chi connectivity index (χ1) is 9.63. The molecular formula is C15H17N3O2. The summed E-state index contributed by atoms with van der Waals surface area (Å²) in [7, 11) is 1.34. The molecule has 0 saturated carbocycles. The molecule has 1 aromatic heterocycles. The molecule has 20 heavy (non-hydrogen) atoms. The molecule has 2 rings (SSSR count). The molecule has 104 valence electrons. The van der Waals surface area contributed by atoms with Crippen LogP contribution in [0.3, 0.4) is 0 Å².